The molecule has 0 saturated carbocycles. The van der Waals surface area contributed by atoms with Gasteiger partial charge in [0, 0.05) is 42.1 Å². The first-order chi connectivity index (χ1) is 14.6. The van der Waals surface area contributed by atoms with Crippen LogP contribution in [0.15, 0.2) is 41.3 Å². The van der Waals surface area contributed by atoms with Crippen LogP contribution >= 0.6 is 22.9 Å². The predicted molar refractivity (Wildman–Crippen MR) is 118 cm³/mol. The molecule has 0 saturated heterocycles. The standard InChI is InChI=1S/C19H20ClN5O4S2/c1-19(2,3)29-18(26)22-7-4-12-11-25(14-5-6-21-10-13(12)14)31(27,28)16-15(20)23-17-24(16)8-9-30-17/h5-6,8-11H,4,7H2,1-3H3,(H,22,26). The van der Waals surface area contributed by atoms with E-state index in [1.54, 1.807) is 44.6 Å². The van der Waals surface area contributed by atoms with Crippen molar-refractivity contribution < 1.29 is 17.9 Å². The summed E-state index contributed by atoms with van der Waals surface area (Å²) in [6.07, 6.45) is 6.12. The van der Waals surface area contributed by atoms with E-state index in [-0.39, 0.29) is 16.7 Å². The van der Waals surface area contributed by atoms with E-state index in [0.29, 0.717) is 27.8 Å². The van der Waals surface area contributed by atoms with Gasteiger partial charge >= 0.3 is 6.09 Å². The molecule has 0 spiro atoms. The Kier molecular flexibility index (Phi) is 5.44. The first-order valence-corrected chi connectivity index (χ1v) is 12.0. The Hall–Kier alpha value is -2.63. The third kappa shape index (κ3) is 4.12. The highest BCUT2D eigenvalue weighted by atomic mass is 35.5. The maximum absolute atomic E-state index is 13.5. The van der Waals surface area contributed by atoms with Gasteiger partial charge < -0.3 is 10.1 Å². The summed E-state index contributed by atoms with van der Waals surface area (Å²) in [6, 6.07) is 1.62. The number of imidazole rings is 1. The molecule has 4 heterocycles. The number of pyridine rings is 1. The van der Waals surface area contributed by atoms with E-state index in [9.17, 15) is 13.2 Å². The van der Waals surface area contributed by atoms with E-state index in [4.69, 9.17) is 16.3 Å². The van der Waals surface area contributed by atoms with Crippen molar-refractivity contribution in [2.75, 3.05) is 6.54 Å². The van der Waals surface area contributed by atoms with E-state index in [0.717, 1.165) is 0 Å². The Bertz CT molecular complexity index is 1380. The quantitative estimate of drug-likeness (QED) is 0.465. The summed E-state index contributed by atoms with van der Waals surface area (Å²) < 4.78 is 34.9. The van der Waals surface area contributed by atoms with E-state index in [1.165, 1.54) is 32.1 Å². The highest BCUT2D eigenvalue weighted by molar-refractivity contribution is 7.90. The van der Waals surface area contributed by atoms with Gasteiger partial charge in [-0.2, -0.15) is 8.42 Å². The second kappa shape index (κ2) is 7.81. The van der Waals surface area contributed by atoms with E-state index in [2.05, 4.69) is 15.3 Å². The molecule has 164 valence electrons. The lowest BCUT2D eigenvalue weighted by Crippen LogP contribution is -2.33. The fraction of sp³-hybridized carbons (Fsp3) is 0.316. The van der Waals surface area contributed by atoms with Crippen molar-refractivity contribution in [3.63, 3.8) is 0 Å². The van der Waals surface area contributed by atoms with Crippen molar-refractivity contribution in [3.05, 3.63) is 47.0 Å². The third-order valence-corrected chi connectivity index (χ3v) is 7.23. The summed E-state index contributed by atoms with van der Waals surface area (Å²) >= 11 is 7.47. The number of hydrogen-bond donors (Lipinski definition) is 1. The van der Waals surface area contributed by atoms with Crippen molar-refractivity contribution >= 4 is 54.9 Å². The lowest BCUT2D eigenvalue weighted by atomic mass is 10.1. The Balaban J connectivity index is 1.68. The number of fused-ring (bicyclic) bond motifs is 2. The van der Waals surface area contributed by atoms with Gasteiger partial charge in [0.25, 0.3) is 10.0 Å². The molecule has 0 aliphatic rings. The largest absolute Gasteiger partial charge is 0.444 e. The summed E-state index contributed by atoms with van der Waals surface area (Å²) in [6.45, 7) is 5.61. The summed E-state index contributed by atoms with van der Waals surface area (Å²) in [7, 11) is -4.04. The number of nitrogens with one attached hydrogen (secondary N) is 1. The zero-order valence-corrected chi connectivity index (χ0v) is 19.4. The molecule has 1 N–H and O–H groups in total. The predicted octanol–water partition coefficient (Wildman–Crippen LogP) is 3.70. The van der Waals surface area contributed by atoms with Crippen LogP contribution < -0.4 is 5.32 Å². The molecule has 12 heteroatoms. The van der Waals surface area contributed by atoms with Gasteiger partial charge in [-0.25, -0.2) is 13.8 Å². The highest BCUT2D eigenvalue weighted by Crippen LogP contribution is 2.31. The van der Waals surface area contributed by atoms with Gasteiger partial charge in [-0.15, -0.1) is 11.3 Å². The van der Waals surface area contributed by atoms with Crippen LogP contribution in [0.1, 0.15) is 26.3 Å². The molecule has 4 rings (SSSR count). The lowest BCUT2D eigenvalue weighted by Gasteiger charge is -2.19. The molecule has 4 aromatic heterocycles. The number of halogens is 1. The summed E-state index contributed by atoms with van der Waals surface area (Å²) in [5.74, 6) is 0. The van der Waals surface area contributed by atoms with Gasteiger partial charge in [0.2, 0.25) is 5.03 Å². The average molecular weight is 482 g/mol. The number of rotatable bonds is 5. The first kappa shape index (κ1) is 21.6. The van der Waals surface area contributed by atoms with Crippen LogP contribution in [0.4, 0.5) is 4.79 Å². The number of hydrogen-bond acceptors (Lipinski definition) is 7. The van der Waals surface area contributed by atoms with Crippen LogP contribution in [0.25, 0.3) is 15.9 Å². The molecule has 4 aromatic rings. The van der Waals surface area contributed by atoms with E-state index >= 15 is 0 Å². The summed E-state index contributed by atoms with van der Waals surface area (Å²) in [5, 5.41) is 4.90. The van der Waals surface area contributed by atoms with Crippen molar-refractivity contribution in [1.82, 2.24) is 23.7 Å². The zero-order chi connectivity index (χ0) is 22.4. The number of thiazole rings is 1. The van der Waals surface area contributed by atoms with Gasteiger partial charge in [-0.05, 0) is 38.8 Å². The molecular formula is C19H20ClN5O4S2. The SMILES string of the molecule is CC(C)(C)OC(=O)NCCc1cn(S(=O)(=O)c2c(Cl)nc3sccn23)c2ccncc12. The number of alkyl carbamates (subject to hydrolysis) is 1. The molecule has 0 aliphatic carbocycles. The third-order valence-electron chi connectivity index (χ3n) is 4.40. The van der Waals surface area contributed by atoms with Crippen LogP contribution in [0, 0.1) is 0 Å². The number of carbonyl (C=O) groups is 1. The molecule has 0 bridgehead atoms. The van der Waals surface area contributed by atoms with Crippen molar-refractivity contribution in [3.8, 4) is 0 Å². The fourth-order valence-corrected chi connectivity index (χ4v) is 5.99. The number of carbonyl (C=O) groups excluding carboxylic acids is 1. The van der Waals surface area contributed by atoms with Gasteiger partial charge in [0.05, 0.1) is 5.52 Å². The van der Waals surface area contributed by atoms with Gasteiger partial charge in [-0.1, -0.05) is 11.6 Å². The highest BCUT2D eigenvalue weighted by Gasteiger charge is 2.29. The van der Waals surface area contributed by atoms with E-state index in [1.807, 2.05) is 0 Å². The van der Waals surface area contributed by atoms with Crippen LogP contribution in [-0.4, -0.2) is 45.0 Å². The summed E-state index contributed by atoms with van der Waals surface area (Å²) in [5.41, 5.74) is 0.573. The molecule has 0 aromatic carbocycles. The zero-order valence-electron chi connectivity index (χ0n) is 17.0. The maximum Gasteiger partial charge on any atom is 0.407 e. The Morgan fingerprint density at radius 2 is 2.13 bits per heavy atom. The second-order valence-electron chi connectivity index (χ2n) is 7.79. The molecule has 0 unspecified atom stereocenters. The summed E-state index contributed by atoms with van der Waals surface area (Å²) in [4.78, 5) is 20.6. The smallest absolute Gasteiger partial charge is 0.407 e. The molecule has 0 atom stereocenters. The minimum absolute atomic E-state index is 0.0871. The van der Waals surface area contributed by atoms with Crippen LogP contribution in [0.2, 0.25) is 5.15 Å². The van der Waals surface area contributed by atoms with Crippen molar-refractivity contribution in [1.29, 1.82) is 0 Å². The number of ether oxygens (including phenoxy) is 1. The molecule has 0 radical (unpaired) electrons. The Morgan fingerprint density at radius 3 is 2.87 bits per heavy atom. The molecule has 1 amide bonds. The number of amides is 1. The molecule has 0 aliphatic heterocycles. The molecule has 0 fully saturated rings. The fourth-order valence-electron chi connectivity index (χ4n) is 3.18. The maximum atomic E-state index is 13.5. The number of nitrogens with zero attached hydrogens (tertiary/aromatic N) is 4. The first-order valence-electron chi connectivity index (χ1n) is 9.35. The van der Waals surface area contributed by atoms with Crippen molar-refractivity contribution in [2.45, 2.75) is 37.8 Å². The molecule has 31 heavy (non-hydrogen) atoms. The minimum Gasteiger partial charge on any atom is -0.444 e. The van der Waals surface area contributed by atoms with Crippen LogP contribution in [0.5, 0.6) is 0 Å². The van der Waals surface area contributed by atoms with Gasteiger partial charge in [-0.3, -0.25) is 9.38 Å². The van der Waals surface area contributed by atoms with Gasteiger partial charge in [0.15, 0.2) is 10.1 Å². The minimum atomic E-state index is -4.04. The Labute approximate surface area is 187 Å². The van der Waals surface area contributed by atoms with Crippen molar-refractivity contribution in [2.24, 2.45) is 0 Å². The second-order valence-corrected chi connectivity index (χ2v) is 10.8. The molecular weight excluding hydrogens is 462 g/mol. The Morgan fingerprint density at radius 1 is 1.35 bits per heavy atom. The lowest BCUT2D eigenvalue weighted by molar-refractivity contribution is 0.0528. The normalized spacial score (nSPS) is 12.5. The van der Waals surface area contributed by atoms with Crippen LogP contribution in [-0.2, 0) is 21.2 Å². The van der Waals surface area contributed by atoms with E-state index < -0.39 is 21.7 Å². The average Bonchev–Trinajstić information content (AvgIpc) is 3.33. The topological polar surface area (TPSA) is 108 Å². The number of aromatic nitrogens is 4. The molecule has 9 nitrogen and oxygen atoms in total. The van der Waals surface area contributed by atoms with Gasteiger partial charge in [0.1, 0.15) is 5.60 Å². The monoisotopic (exact) mass is 481 g/mol. The van der Waals surface area contributed by atoms with Crippen LogP contribution in [0.3, 0.4) is 0 Å².